The van der Waals surface area contributed by atoms with Crippen molar-refractivity contribution in [3.8, 4) is 0 Å². The zero-order valence-corrected chi connectivity index (χ0v) is 7.93. The minimum Gasteiger partial charge on any atom is -0.465 e. The number of carbonyl (C=O) groups is 1. The summed E-state index contributed by atoms with van der Waals surface area (Å²) in [5.74, 6) is 0.908. The molecule has 0 fully saturated rings. The second kappa shape index (κ2) is 7.24. The molecule has 0 spiro atoms. The lowest BCUT2D eigenvalue weighted by Gasteiger charge is -2.14. The summed E-state index contributed by atoms with van der Waals surface area (Å²) in [7, 11) is 0. The average Bonchev–Trinajstić information content (AvgIpc) is 2.00. The van der Waals surface area contributed by atoms with Crippen LogP contribution in [-0.2, 0) is 0 Å². The summed E-state index contributed by atoms with van der Waals surface area (Å²) in [5, 5.41) is 19.4. The molecule has 0 aliphatic rings. The molecule has 0 aromatic heterocycles. The Bertz CT molecular complexity index is 132. The van der Waals surface area contributed by atoms with Crippen LogP contribution in [0.5, 0.6) is 0 Å². The van der Waals surface area contributed by atoms with Crippen LogP contribution < -0.4 is 5.32 Å². The second-order valence-corrected chi connectivity index (χ2v) is 3.43. The Balaban J connectivity index is 3.61. The summed E-state index contributed by atoms with van der Waals surface area (Å²) in [6.45, 7) is 0.0271. The molecule has 5 heteroatoms. The number of carboxylic acid groups (broad SMARTS) is 1. The standard InChI is InChI=1S/C7H15NO3S/c1-12-5-3-6(2-4-9)8-7(10)11/h6,8-9H,2-5H2,1H3,(H,10,11)/t6-/m1/s1. The van der Waals surface area contributed by atoms with Gasteiger partial charge in [0.1, 0.15) is 0 Å². The van der Waals surface area contributed by atoms with Crippen LogP contribution in [0.1, 0.15) is 12.8 Å². The number of rotatable bonds is 6. The lowest BCUT2D eigenvalue weighted by molar-refractivity contribution is 0.185. The zero-order valence-electron chi connectivity index (χ0n) is 7.12. The Kier molecular flexibility index (Phi) is 6.99. The largest absolute Gasteiger partial charge is 0.465 e. The van der Waals surface area contributed by atoms with Crippen molar-refractivity contribution in [2.75, 3.05) is 18.6 Å². The molecule has 4 nitrogen and oxygen atoms in total. The Morgan fingerprint density at radius 1 is 1.58 bits per heavy atom. The van der Waals surface area contributed by atoms with Crippen LogP contribution in [0.15, 0.2) is 0 Å². The van der Waals surface area contributed by atoms with Gasteiger partial charge < -0.3 is 15.5 Å². The number of hydrogen-bond donors (Lipinski definition) is 3. The fraction of sp³-hybridized carbons (Fsp3) is 0.857. The molecule has 1 amide bonds. The Morgan fingerprint density at radius 3 is 2.67 bits per heavy atom. The van der Waals surface area contributed by atoms with Gasteiger partial charge in [-0.1, -0.05) is 0 Å². The molecule has 0 saturated heterocycles. The molecule has 0 radical (unpaired) electrons. The van der Waals surface area contributed by atoms with E-state index in [0.29, 0.717) is 6.42 Å². The van der Waals surface area contributed by atoms with Crippen LogP contribution in [0.2, 0.25) is 0 Å². The first-order chi connectivity index (χ1) is 5.70. The van der Waals surface area contributed by atoms with E-state index in [-0.39, 0.29) is 12.6 Å². The fourth-order valence-corrected chi connectivity index (χ4v) is 1.40. The molecule has 1 atom stereocenters. The van der Waals surface area contributed by atoms with Gasteiger partial charge in [0.25, 0.3) is 0 Å². The van der Waals surface area contributed by atoms with Gasteiger partial charge in [-0.2, -0.15) is 11.8 Å². The molecular weight excluding hydrogens is 178 g/mol. The molecule has 0 heterocycles. The minimum atomic E-state index is -1.02. The maximum Gasteiger partial charge on any atom is 0.404 e. The van der Waals surface area contributed by atoms with Gasteiger partial charge in [-0.15, -0.1) is 0 Å². The van der Waals surface area contributed by atoms with Crippen molar-refractivity contribution in [3.63, 3.8) is 0 Å². The SMILES string of the molecule is CSCC[C@@H](CCO)NC(=O)O. The van der Waals surface area contributed by atoms with Gasteiger partial charge in [0.2, 0.25) is 0 Å². The molecule has 0 bridgehead atoms. The monoisotopic (exact) mass is 193 g/mol. The van der Waals surface area contributed by atoms with E-state index in [1.54, 1.807) is 11.8 Å². The van der Waals surface area contributed by atoms with E-state index in [9.17, 15) is 4.79 Å². The highest BCUT2D eigenvalue weighted by molar-refractivity contribution is 7.98. The van der Waals surface area contributed by atoms with E-state index in [1.807, 2.05) is 6.26 Å². The van der Waals surface area contributed by atoms with Crippen molar-refractivity contribution in [2.45, 2.75) is 18.9 Å². The normalized spacial score (nSPS) is 12.5. The van der Waals surface area contributed by atoms with E-state index in [2.05, 4.69) is 5.32 Å². The third-order valence-electron chi connectivity index (χ3n) is 1.48. The van der Waals surface area contributed by atoms with E-state index >= 15 is 0 Å². The number of thioether (sulfide) groups is 1. The van der Waals surface area contributed by atoms with Crippen LogP contribution in [0.3, 0.4) is 0 Å². The van der Waals surface area contributed by atoms with E-state index in [1.165, 1.54) is 0 Å². The predicted molar refractivity (Wildman–Crippen MR) is 49.7 cm³/mol. The Labute approximate surface area is 76.4 Å². The summed E-state index contributed by atoms with van der Waals surface area (Å²) in [4.78, 5) is 10.2. The quantitative estimate of drug-likeness (QED) is 0.582. The van der Waals surface area contributed by atoms with Crippen LogP contribution in [0.4, 0.5) is 4.79 Å². The van der Waals surface area contributed by atoms with Crippen molar-refractivity contribution in [1.29, 1.82) is 0 Å². The highest BCUT2D eigenvalue weighted by Gasteiger charge is 2.09. The first-order valence-electron chi connectivity index (χ1n) is 3.80. The van der Waals surface area contributed by atoms with E-state index in [4.69, 9.17) is 10.2 Å². The molecule has 0 aromatic rings. The molecule has 0 unspecified atom stereocenters. The molecule has 72 valence electrons. The molecule has 3 N–H and O–H groups in total. The molecule has 0 rings (SSSR count). The average molecular weight is 193 g/mol. The lowest BCUT2D eigenvalue weighted by atomic mass is 10.2. The van der Waals surface area contributed by atoms with Gasteiger partial charge >= 0.3 is 6.09 Å². The predicted octanol–water partition coefficient (Wildman–Crippen LogP) is 0.758. The van der Waals surface area contributed by atoms with Gasteiger partial charge in [-0.25, -0.2) is 4.79 Å². The summed E-state index contributed by atoms with van der Waals surface area (Å²) < 4.78 is 0. The van der Waals surface area contributed by atoms with Gasteiger partial charge in [0.05, 0.1) is 0 Å². The number of aliphatic hydroxyl groups is 1. The van der Waals surface area contributed by atoms with Crippen LogP contribution in [0.25, 0.3) is 0 Å². The van der Waals surface area contributed by atoms with E-state index < -0.39 is 6.09 Å². The van der Waals surface area contributed by atoms with Crippen molar-refractivity contribution < 1.29 is 15.0 Å². The molecule has 0 aliphatic carbocycles. The summed E-state index contributed by atoms with van der Waals surface area (Å²) >= 11 is 1.67. The number of hydrogen-bond acceptors (Lipinski definition) is 3. The summed E-state index contributed by atoms with van der Waals surface area (Å²) in [6.07, 6.45) is 2.21. The summed E-state index contributed by atoms with van der Waals surface area (Å²) in [5.41, 5.74) is 0. The summed E-state index contributed by atoms with van der Waals surface area (Å²) in [6, 6.07) is -0.111. The first-order valence-corrected chi connectivity index (χ1v) is 5.19. The van der Waals surface area contributed by atoms with Crippen LogP contribution in [-0.4, -0.2) is 41.0 Å². The zero-order chi connectivity index (χ0) is 9.40. The highest BCUT2D eigenvalue weighted by Crippen LogP contribution is 2.03. The third kappa shape index (κ3) is 6.30. The molecule has 0 aromatic carbocycles. The molecular formula is C7H15NO3S. The van der Waals surface area contributed by atoms with Gasteiger partial charge in [0.15, 0.2) is 0 Å². The molecule has 12 heavy (non-hydrogen) atoms. The van der Waals surface area contributed by atoms with Gasteiger partial charge in [-0.05, 0) is 24.9 Å². The topological polar surface area (TPSA) is 69.6 Å². The van der Waals surface area contributed by atoms with Crippen molar-refractivity contribution in [2.24, 2.45) is 0 Å². The van der Waals surface area contributed by atoms with Crippen LogP contribution >= 0.6 is 11.8 Å². The lowest BCUT2D eigenvalue weighted by Crippen LogP contribution is -2.34. The highest BCUT2D eigenvalue weighted by atomic mass is 32.2. The molecule has 0 saturated carbocycles. The van der Waals surface area contributed by atoms with E-state index in [0.717, 1.165) is 12.2 Å². The number of aliphatic hydroxyl groups excluding tert-OH is 1. The van der Waals surface area contributed by atoms with Gasteiger partial charge in [-0.3, -0.25) is 0 Å². The Morgan fingerprint density at radius 2 is 2.25 bits per heavy atom. The molecule has 0 aliphatic heterocycles. The number of nitrogens with one attached hydrogen (secondary N) is 1. The first kappa shape index (κ1) is 11.6. The smallest absolute Gasteiger partial charge is 0.404 e. The fourth-order valence-electron chi connectivity index (χ4n) is 0.879. The maximum atomic E-state index is 10.2. The number of amides is 1. The third-order valence-corrected chi connectivity index (χ3v) is 2.12. The minimum absolute atomic E-state index is 0.0271. The maximum absolute atomic E-state index is 10.2. The van der Waals surface area contributed by atoms with Crippen molar-refractivity contribution in [3.05, 3.63) is 0 Å². The van der Waals surface area contributed by atoms with Crippen molar-refractivity contribution >= 4 is 17.9 Å². The Hall–Kier alpha value is -0.420. The van der Waals surface area contributed by atoms with Crippen molar-refractivity contribution in [1.82, 2.24) is 5.32 Å². The van der Waals surface area contributed by atoms with Crippen LogP contribution in [0, 0.1) is 0 Å². The second-order valence-electron chi connectivity index (χ2n) is 2.44. The van der Waals surface area contributed by atoms with Gasteiger partial charge in [0, 0.05) is 12.6 Å².